The minimum atomic E-state index is 0.00922. The number of aromatic amines is 1. The van der Waals surface area contributed by atoms with Gasteiger partial charge in [-0.05, 0) is 24.3 Å². The number of rotatable bonds is 3. The number of carbonyl (C=O) groups is 1. The summed E-state index contributed by atoms with van der Waals surface area (Å²) in [7, 11) is 1.63. The van der Waals surface area contributed by atoms with Gasteiger partial charge in [0.25, 0.3) is 0 Å². The number of benzene rings is 1. The zero-order valence-electron chi connectivity index (χ0n) is 9.70. The Kier molecular flexibility index (Phi) is 2.69. The van der Waals surface area contributed by atoms with Crippen molar-refractivity contribution < 1.29 is 9.53 Å². The number of hydrogen-bond acceptors (Lipinski definition) is 2. The molecule has 0 atom stereocenters. The molecule has 0 spiro atoms. The fraction of sp³-hybridized carbons (Fsp3) is 0.308. The van der Waals surface area contributed by atoms with Gasteiger partial charge in [-0.25, -0.2) is 0 Å². The minimum Gasteiger partial charge on any atom is -0.497 e. The zero-order valence-corrected chi connectivity index (χ0v) is 9.70. The second-order valence-electron chi connectivity index (χ2n) is 4.16. The van der Waals surface area contributed by atoms with Crippen molar-refractivity contribution >= 4 is 16.7 Å². The van der Waals surface area contributed by atoms with Crippen molar-refractivity contribution in [3.05, 3.63) is 30.0 Å². The molecule has 2 rings (SSSR count). The van der Waals surface area contributed by atoms with Crippen molar-refractivity contribution in [3.8, 4) is 5.75 Å². The highest BCUT2D eigenvalue weighted by Gasteiger charge is 2.13. The summed E-state index contributed by atoms with van der Waals surface area (Å²) in [5.74, 6) is 0.945. The second-order valence-corrected chi connectivity index (χ2v) is 4.16. The molecule has 84 valence electrons. The number of ether oxygens (including phenoxy) is 1. The molecule has 0 unspecified atom stereocenters. The van der Waals surface area contributed by atoms with E-state index in [-0.39, 0.29) is 11.7 Å². The molecule has 0 aliphatic carbocycles. The lowest BCUT2D eigenvalue weighted by molar-refractivity contribution is 0.0935. The Labute approximate surface area is 94.4 Å². The quantitative estimate of drug-likeness (QED) is 0.803. The predicted octanol–water partition coefficient (Wildman–Crippen LogP) is 3.02. The smallest absolute Gasteiger partial charge is 0.181 e. The van der Waals surface area contributed by atoms with E-state index in [9.17, 15) is 4.79 Å². The number of Topliss-reactive ketones (excluding diaryl/α,β-unsaturated/α-hetero) is 1. The second kappa shape index (κ2) is 4.00. The monoisotopic (exact) mass is 217 g/mol. The van der Waals surface area contributed by atoms with E-state index in [1.807, 2.05) is 38.1 Å². The first kappa shape index (κ1) is 10.7. The molecular weight excluding hydrogens is 202 g/mol. The van der Waals surface area contributed by atoms with E-state index in [0.717, 1.165) is 16.7 Å². The van der Waals surface area contributed by atoms with Crippen LogP contribution in [0.2, 0.25) is 0 Å². The molecule has 2 aromatic rings. The van der Waals surface area contributed by atoms with Crippen molar-refractivity contribution in [2.45, 2.75) is 13.8 Å². The average Bonchev–Trinajstić information content (AvgIpc) is 2.69. The number of H-pyrrole nitrogens is 1. The lowest BCUT2D eigenvalue weighted by atomic mass is 10.1. The first-order chi connectivity index (χ1) is 7.61. The standard InChI is InChI=1S/C13H15NO2/c1-8(2)13(15)12-7-9-6-10(16-3)4-5-11(9)14-12/h4-8,14H,1-3H3. The van der Waals surface area contributed by atoms with Gasteiger partial charge in [0.05, 0.1) is 12.8 Å². The Morgan fingerprint density at radius 1 is 1.31 bits per heavy atom. The van der Waals surface area contributed by atoms with Gasteiger partial charge in [0.2, 0.25) is 0 Å². The van der Waals surface area contributed by atoms with Crippen LogP contribution < -0.4 is 4.74 Å². The number of ketones is 1. The Bertz CT molecular complexity index is 526. The van der Waals surface area contributed by atoms with E-state index in [1.165, 1.54) is 0 Å². The Morgan fingerprint density at radius 2 is 2.06 bits per heavy atom. The molecule has 0 fully saturated rings. The summed E-state index contributed by atoms with van der Waals surface area (Å²) in [6, 6.07) is 7.59. The maximum absolute atomic E-state index is 11.8. The maximum atomic E-state index is 11.8. The van der Waals surface area contributed by atoms with Crippen LogP contribution in [0.15, 0.2) is 24.3 Å². The van der Waals surface area contributed by atoms with Crippen LogP contribution in [0.4, 0.5) is 0 Å². The summed E-state index contributed by atoms with van der Waals surface area (Å²) in [4.78, 5) is 14.9. The van der Waals surface area contributed by atoms with E-state index in [4.69, 9.17) is 4.74 Å². The highest BCUT2D eigenvalue weighted by molar-refractivity contribution is 6.00. The molecular formula is C13H15NO2. The van der Waals surface area contributed by atoms with E-state index < -0.39 is 0 Å². The van der Waals surface area contributed by atoms with Crippen LogP contribution >= 0.6 is 0 Å². The summed E-state index contributed by atoms with van der Waals surface area (Å²) in [6.07, 6.45) is 0. The molecule has 0 saturated heterocycles. The SMILES string of the molecule is COc1ccc2[nH]c(C(=O)C(C)C)cc2c1. The molecule has 0 amide bonds. The lowest BCUT2D eigenvalue weighted by Gasteiger charge is -1.99. The van der Waals surface area contributed by atoms with Gasteiger partial charge < -0.3 is 9.72 Å². The van der Waals surface area contributed by atoms with Gasteiger partial charge in [-0.3, -0.25) is 4.79 Å². The third-order valence-corrected chi connectivity index (χ3v) is 2.62. The number of methoxy groups -OCH3 is 1. The third kappa shape index (κ3) is 1.81. The molecule has 1 N–H and O–H groups in total. The van der Waals surface area contributed by atoms with Crippen molar-refractivity contribution in [1.82, 2.24) is 4.98 Å². The number of carbonyl (C=O) groups excluding carboxylic acids is 1. The van der Waals surface area contributed by atoms with Crippen LogP contribution in [-0.2, 0) is 0 Å². The van der Waals surface area contributed by atoms with Gasteiger partial charge >= 0.3 is 0 Å². The fourth-order valence-corrected chi connectivity index (χ4v) is 1.68. The van der Waals surface area contributed by atoms with Crippen molar-refractivity contribution in [2.24, 2.45) is 5.92 Å². The van der Waals surface area contributed by atoms with Gasteiger partial charge in [0, 0.05) is 16.8 Å². The largest absolute Gasteiger partial charge is 0.497 e. The topological polar surface area (TPSA) is 42.1 Å². The minimum absolute atomic E-state index is 0.00922. The van der Waals surface area contributed by atoms with Crippen molar-refractivity contribution in [3.63, 3.8) is 0 Å². The molecule has 1 heterocycles. The van der Waals surface area contributed by atoms with Crippen LogP contribution in [0.3, 0.4) is 0 Å². The Balaban J connectivity index is 2.47. The Hall–Kier alpha value is -1.77. The summed E-state index contributed by atoms with van der Waals surface area (Å²) in [5.41, 5.74) is 1.63. The van der Waals surface area contributed by atoms with E-state index >= 15 is 0 Å². The molecule has 16 heavy (non-hydrogen) atoms. The molecule has 0 aliphatic rings. The van der Waals surface area contributed by atoms with E-state index in [1.54, 1.807) is 7.11 Å². The highest BCUT2D eigenvalue weighted by atomic mass is 16.5. The van der Waals surface area contributed by atoms with Crippen molar-refractivity contribution in [2.75, 3.05) is 7.11 Å². The van der Waals surface area contributed by atoms with E-state index in [0.29, 0.717) is 5.69 Å². The van der Waals surface area contributed by atoms with Crippen LogP contribution in [-0.4, -0.2) is 17.9 Å². The average molecular weight is 217 g/mol. The van der Waals surface area contributed by atoms with Crippen LogP contribution in [0, 0.1) is 5.92 Å². The highest BCUT2D eigenvalue weighted by Crippen LogP contribution is 2.22. The summed E-state index contributed by atoms with van der Waals surface area (Å²) in [5, 5.41) is 1.00. The normalized spacial score (nSPS) is 11.0. The molecule has 3 heteroatoms. The van der Waals surface area contributed by atoms with Crippen LogP contribution in [0.1, 0.15) is 24.3 Å². The molecule has 0 bridgehead atoms. The van der Waals surface area contributed by atoms with Gasteiger partial charge in [-0.2, -0.15) is 0 Å². The number of aromatic nitrogens is 1. The fourth-order valence-electron chi connectivity index (χ4n) is 1.68. The van der Waals surface area contributed by atoms with Gasteiger partial charge in [0.15, 0.2) is 5.78 Å². The van der Waals surface area contributed by atoms with Gasteiger partial charge in [0.1, 0.15) is 5.75 Å². The maximum Gasteiger partial charge on any atom is 0.181 e. The van der Waals surface area contributed by atoms with Crippen molar-refractivity contribution in [1.29, 1.82) is 0 Å². The van der Waals surface area contributed by atoms with Crippen LogP contribution in [0.25, 0.3) is 10.9 Å². The molecule has 1 aromatic heterocycles. The zero-order chi connectivity index (χ0) is 11.7. The third-order valence-electron chi connectivity index (χ3n) is 2.62. The molecule has 0 radical (unpaired) electrons. The molecule has 1 aromatic carbocycles. The lowest BCUT2D eigenvalue weighted by Crippen LogP contribution is -2.07. The summed E-state index contributed by atoms with van der Waals surface area (Å²) >= 11 is 0. The van der Waals surface area contributed by atoms with E-state index in [2.05, 4.69) is 4.98 Å². The first-order valence-electron chi connectivity index (χ1n) is 5.33. The van der Waals surface area contributed by atoms with Gasteiger partial charge in [-0.15, -0.1) is 0 Å². The predicted molar refractivity (Wildman–Crippen MR) is 64.0 cm³/mol. The Morgan fingerprint density at radius 3 is 2.69 bits per heavy atom. The number of hydrogen-bond donors (Lipinski definition) is 1. The molecule has 0 aliphatic heterocycles. The molecule has 3 nitrogen and oxygen atoms in total. The van der Waals surface area contributed by atoms with Crippen LogP contribution in [0.5, 0.6) is 5.75 Å². The summed E-state index contributed by atoms with van der Waals surface area (Å²) in [6.45, 7) is 3.79. The molecule has 0 saturated carbocycles. The number of fused-ring (bicyclic) bond motifs is 1. The van der Waals surface area contributed by atoms with Gasteiger partial charge in [-0.1, -0.05) is 13.8 Å². The number of nitrogens with one attached hydrogen (secondary N) is 1. The summed E-state index contributed by atoms with van der Waals surface area (Å²) < 4.78 is 5.14. The first-order valence-corrected chi connectivity index (χ1v) is 5.33.